The molecule has 0 fully saturated rings. The molecule has 1 aromatic rings. The Kier molecular flexibility index (Phi) is 6.50. The third-order valence-electron chi connectivity index (χ3n) is 2.58. The van der Waals surface area contributed by atoms with E-state index in [-0.39, 0.29) is 17.9 Å². The molecule has 0 heterocycles. The van der Waals surface area contributed by atoms with E-state index < -0.39 is 0 Å². The van der Waals surface area contributed by atoms with Gasteiger partial charge in [-0.2, -0.15) is 0 Å². The molecule has 1 atom stereocenters. The highest BCUT2D eigenvalue weighted by atomic mass is 19.1. The molecule has 0 spiro atoms. The van der Waals surface area contributed by atoms with E-state index in [0.29, 0.717) is 25.4 Å². The molecule has 1 N–H and O–H groups in total. The van der Waals surface area contributed by atoms with E-state index in [0.717, 1.165) is 5.56 Å². The second-order valence-corrected chi connectivity index (χ2v) is 5.16. The normalized spacial score (nSPS) is 12.5. The molecule has 1 aromatic carbocycles. The molecule has 0 amide bonds. The van der Waals surface area contributed by atoms with E-state index in [1.165, 1.54) is 12.1 Å². The fourth-order valence-electron chi connectivity index (χ4n) is 1.67. The zero-order valence-corrected chi connectivity index (χ0v) is 11.8. The van der Waals surface area contributed by atoms with Gasteiger partial charge in [0, 0.05) is 19.5 Å². The quantitative estimate of drug-likeness (QED) is 0.772. The van der Waals surface area contributed by atoms with Gasteiger partial charge in [-0.25, -0.2) is 4.39 Å². The van der Waals surface area contributed by atoms with Crippen LogP contribution in [-0.2, 0) is 16.1 Å². The molecule has 0 saturated heterocycles. The van der Waals surface area contributed by atoms with Crippen molar-refractivity contribution in [3.63, 3.8) is 0 Å². The predicted molar refractivity (Wildman–Crippen MR) is 73.1 cm³/mol. The summed E-state index contributed by atoms with van der Waals surface area (Å²) in [6, 6.07) is 6.34. The molecule has 3 nitrogen and oxygen atoms in total. The van der Waals surface area contributed by atoms with E-state index in [4.69, 9.17) is 4.74 Å². The summed E-state index contributed by atoms with van der Waals surface area (Å²) in [6.07, 6.45) is 0.286. The lowest BCUT2D eigenvalue weighted by atomic mass is 10.1. The maximum absolute atomic E-state index is 12.7. The first-order chi connectivity index (χ1) is 8.97. The maximum Gasteiger partial charge on any atom is 0.306 e. The lowest BCUT2D eigenvalue weighted by molar-refractivity contribution is -0.148. The molecular weight excluding hydrogens is 245 g/mol. The summed E-state index contributed by atoms with van der Waals surface area (Å²) >= 11 is 0. The lowest BCUT2D eigenvalue weighted by Gasteiger charge is -2.15. The summed E-state index contributed by atoms with van der Waals surface area (Å²) in [4.78, 5) is 11.4. The predicted octanol–water partition coefficient (Wildman–Crippen LogP) is 2.89. The van der Waals surface area contributed by atoms with Gasteiger partial charge in [-0.1, -0.05) is 26.0 Å². The van der Waals surface area contributed by atoms with Gasteiger partial charge in [0.15, 0.2) is 0 Å². The Morgan fingerprint density at radius 3 is 2.47 bits per heavy atom. The van der Waals surface area contributed by atoms with Crippen molar-refractivity contribution in [1.82, 2.24) is 5.32 Å². The zero-order chi connectivity index (χ0) is 14.3. The van der Waals surface area contributed by atoms with E-state index in [2.05, 4.69) is 5.32 Å². The highest BCUT2D eigenvalue weighted by Gasteiger charge is 2.10. The van der Waals surface area contributed by atoms with Crippen LogP contribution in [0.2, 0.25) is 0 Å². The molecule has 4 heteroatoms. The minimum atomic E-state index is -0.236. The van der Waals surface area contributed by atoms with Crippen molar-refractivity contribution in [3.8, 4) is 0 Å². The van der Waals surface area contributed by atoms with Gasteiger partial charge < -0.3 is 10.1 Å². The Labute approximate surface area is 114 Å². The monoisotopic (exact) mass is 267 g/mol. The van der Waals surface area contributed by atoms with Crippen LogP contribution in [0.25, 0.3) is 0 Å². The van der Waals surface area contributed by atoms with Gasteiger partial charge in [-0.3, -0.25) is 4.79 Å². The van der Waals surface area contributed by atoms with Crippen molar-refractivity contribution >= 4 is 5.97 Å². The molecule has 0 aliphatic carbocycles. The Morgan fingerprint density at radius 2 is 1.89 bits per heavy atom. The first-order valence-electron chi connectivity index (χ1n) is 6.62. The fraction of sp³-hybridized carbons (Fsp3) is 0.533. The largest absolute Gasteiger partial charge is 0.461 e. The van der Waals surface area contributed by atoms with Crippen LogP contribution < -0.4 is 5.32 Å². The number of halogens is 1. The van der Waals surface area contributed by atoms with Crippen LogP contribution >= 0.6 is 0 Å². The highest BCUT2D eigenvalue weighted by molar-refractivity contribution is 5.69. The first-order valence-corrected chi connectivity index (χ1v) is 6.62. The maximum atomic E-state index is 12.7. The summed E-state index contributed by atoms with van der Waals surface area (Å²) in [5.41, 5.74) is 1.00. The average Bonchev–Trinajstić information content (AvgIpc) is 2.30. The van der Waals surface area contributed by atoms with Crippen molar-refractivity contribution in [2.24, 2.45) is 5.92 Å². The number of benzene rings is 1. The number of hydrogen-bond donors (Lipinski definition) is 1. The van der Waals surface area contributed by atoms with Gasteiger partial charge in [0.25, 0.3) is 0 Å². The Bertz CT molecular complexity index is 390. The summed E-state index contributed by atoms with van der Waals surface area (Å²) in [6.45, 7) is 7.04. The van der Waals surface area contributed by atoms with Gasteiger partial charge >= 0.3 is 5.97 Å². The van der Waals surface area contributed by atoms with Gasteiger partial charge in [0.1, 0.15) is 11.9 Å². The van der Waals surface area contributed by atoms with Crippen molar-refractivity contribution in [2.75, 3.05) is 6.54 Å². The molecule has 0 aliphatic heterocycles. The smallest absolute Gasteiger partial charge is 0.306 e. The standard InChI is InChI=1S/C15H22FNO2/c1-11(2)8-15(18)19-12(3)9-17-10-13-4-6-14(16)7-5-13/h4-7,11-12,17H,8-10H2,1-3H3. The number of esters is 1. The molecule has 0 radical (unpaired) electrons. The Morgan fingerprint density at radius 1 is 1.26 bits per heavy atom. The second kappa shape index (κ2) is 7.89. The van der Waals surface area contributed by atoms with Crippen LogP contribution in [0.1, 0.15) is 32.8 Å². The summed E-state index contributed by atoms with van der Waals surface area (Å²) < 4.78 is 18.0. The highest BCUT2D eigenvalue weighted by Crippen LogP contribution is 2.04. The number of hydrogen-bond acceptors (Lipinski definition) is 3. The van der Waals surface area contributed by atoms with Crippen LogP contribution in [0.15, 0.2) is 24.3 Å². The fourth-order valence-corrected chi connectivity index (χ4v) is 1.67. The molecule has 0 saturated carbocycles. The minimum Gasteiger partial charge on any atom is -0.461 e. The summed E-state index contributed by atoms with van der Waals surface area (Å²) in [7, 11) is 0. The molecule has 106 valence electrons. The summed E-state index contributed by atoms with van der Waals surface area (Å²) in [5, 5.41) is 3.18. The third-order valence-corrected chi connectivity index (χ3v) is 2.58. The van der Waals surface area contributed by atoms with Gasteiger partial charge in [-0.05, 0) is 30.5 Å². The number of rotatable bonds is 7. The van der Waals surface area contributed by atoms with Gasteiger partial charge in [0.2, 0.25) is 0 Å². The van der Waals surface area contributed by atoms with E-state index in [9.17, 15) is 9.18 Å². The third kappa shape index (κ3) is 6.91. The number of nitrogens with one attached hydrogen (secondary N) is 1. The Balaban J connectivity index is 2.21. The second-order valence-electron chi connectivity index (χ2n) is 5.16. The van der Waals surface area contributed by atoms with Crippen LogP contribution in [0, 0.1) is 11.7 Å². The molecule has 1 rings (SSSR count). The molecule has 0 bridgehead atoms. The SMILES string of the molecule is CC(C)CC(=O)OC(C)CNCc1ccc(F)cc1. The van der Waals surface area contributed by atoms with Crippen LogP contribution in [-0.4, -0.2) is 18.6 Å². The van der Waals surface area contributed by atoms with Gasteiger partial charge in [-0.15, -0.1) is 0 Å². The number of ether oxygens (including phenoxy) is 1. The van der Waals surface area contributed by atoms with Crippen molar-refractivity contribution in [1.29, 1.82) is 0 Å². The average molecular weight is 267 g/mol. The molecule has 0 aromatic heterocycles. The van der Waals surface area contributed by atoms with Crippen LogP contribution in [0.4, 0.5) is 4.39 Å². The summed E-state index contributed by atoms with van der Waals surface area (Å²) in [5.74, 6) is -0.0855. The topological polar surface area (TPSA) is 38.3 Å². The molecule has 19 heavy (non-hydrogen) atoms. The van der Waals surface area contributed by atoms with Crippen molar-refractivity contribution in [3.05, 3.63) is 35.6 Å². The Hall–Kier alpha value is -1.42. The van der Waals surface area contributed by atoms with E-state index >= 15 is 0 Å². The number of carbonyl (C=O) groups is 1. The molecule has 1 unspecified atom stereocenters. The van der Waals surface area contributed by atoms with Crippen LogP contribution in [0.3, 0.4) is 0 Å². The molecule has 0 aliphatic rings. The van der Waals surface area contributed by atoms with Gasteiger partial charge in [0.05, 0.1) is 0 Å². The van der Waals surface area contributed by atoms with Crippen molar-refractivity contribution in [2.45, 2.75) is 39.8 Å². The minimum absolute atomic E-state index is 0.160. The van der Waals surface area contributed by atoms with E-state index in [1.807, 2.05) is 20.8 Å². The zero-order valence-electron chi connectivity index (χ0n) is 11.8. The van der Waals surface area contributed by atoms with Crippen LogP contribution in [0.5, 0.6) is 0 Å². The van der Waals surface area contributed by atoms with Crippen molar-refractivity contribution < 1.29 is 13.9 Å². The number of carbonyl (C=O) groups excluding carboxylic acids is 1. The molecular formula is C15H22FNO2. The lowest BCUT2D eigenvalue weighted by Crippen LogP contribution is -2.28. The van der Waals surface area contributed by atoms with E-state index in [1.54, 1.807) is 12.1 Å². The first kappa shape index (κ1) is 15.6.